The molecule has 2 aromatic heterocycles. The van der Waals surface area contributed by atoms with Gasteiger partial charge < -0.3 is 20.1 Å². The van der Waals surface area contributed by atoms with Crippen molar-refractivity contribution in [3.05, 3.63) is 36.0 Å². The van der Waals surface area contributed by atoms with Gasteiger partial charge in [-0.05, 0) is 26.1 Å². The maximum absolute atomic E-state index is 12.0. The van der Waals surface area contributed by atoms with Crippen molar-refractivity contribution in [1.82, 2.24) is 19.9 Å². The van der Waals surface area contributed by atoms with Crippen LogP contribution in [0, 0.1) is 6.92 Å². The van der Waals surface area contributed by atoms with E-state index in [1.807, 2.05) is 19.1 Å². The van der Waals surface area contributed by atoms with Crippen LogP contribution in [0.3, 0.4) is 0 Å². The van der Waals surface area contributed by atoms with Crippen molar-refractivity contribution in [2.75, 3.05) is 43.4 Å². The summed E-state index contributed by atoms with van der Waals surface area (Å²) in [5.74, 6) is 0.992. The van der Waals surface area contributed by atoms with E-state index in [-0.39, 0.29) is 5.91 Å². The van der Waals surface area contributed by atoms with Crippen LogP contribution in [0.5, 0.6) is 0 Å². The minimum Gasteiger partial charge on any atom is -0.354 e. The van der Waals surface area contributed by atoms with Crippen LogP contribution in [0.1, 0.15) is 16.3 Å². The summed E-state index contributed by atoms with van der Waals surface area (Å²) in [6.45, 7) is 5.93. The molecule has 1 aliphatic rings. The number of amides is 1. The average Bonchev–Trinajstić information content (AvgIpc) is 3.04. The summed E-state index contributed by atoms with van der Waals surface area (Å²) in [7, 11) is 2.13. The normalized spacial score (nSPS) is 15.8. The number of anilines is 2. The zero-order valence-electron chi connectivity index (χ0n) is 12.8. The lowest BCUT2D eigenvalue weighted by Gasteiger charge is -2.33. The maximum Gasteiger partial charge on any atom is 0.291 e. The number of hydrogen-bond acceptors (Lipinski definition) is 5. The Kier molecular flexibility index (Phi) is 4.06. The van der Waals surface area contributed by atoms with Gasteiger partial charge in [-0.3, -0.25) is 4.79 Å². The van der Waals surface area contributed by atoms with Crippen LogP contribution >= 0.6 is 0 Å². The predicted molar refractivity (Wildman–Crippen MR) is 85.2 cm³/mol. The van der Waals surface area contributed by atoms with Crippen molar-refractivity contribution in [1.29, 1.82) is 0 Å². The summed E-state index contributed by atoms with van der Waals surface area (Å²) >= 11 is 0. The number of aromatic nitrogens is 3. The molecule has 0 aromatic carbocycles. The van der Waals surface area contributed by atoms with Gasteiger partial charge in [-0.2, -0.15) is 0 Å². The fraction of sp³-hybridized carbons (Fsp3) is 0.400. The van der Waals surface area contributed by atoms with Crippen molar-refractivity contribution in [2.45, 2.75) is 6.92 Å². The lowest BCUT2D eigenvalue weighted by atomic mass is 10.2. The molecule has 2 N–H and O–H groups in total. The molecular formula is C15H20N6O. The highest BCUT2D eigenvalue weighted by Gasteiger charge is 2.16. The molecule has 1 saturated heterocycles. The Bertz CT molecular complexity index is 646. The molecule has 7 nitrogen and oxygen atoms in total. The van der Waals surface area contributed by atoms with Gasteiger partial charge >= 0.3 is 0 Å². The molecule has 0 radical (unpaired) electrons. The number of nitrogens with one attached hydrogen (secondary N) is 2. The first-order valence-corrected chi connectivity index (χ1v) is 7.35. The van der Waals surface area contributed by atoms with Crippen molar-refractivity contribution in [3.63, 3.8) is 0 Å². The van der Waals surface area contributed by atoms with E-state index in [9.17, 15) is 4.79 Å². The van der Waals surface area contributed by atoms with Crippen molar-refractivity contribution >= 4 is 17.4 Å². The molecule has 2 aromatic rings. The summed E-state index contributed by atoms with van der Waals surface area (Å²) in [5.41, 5.74) is 1.51. The zero-order chi connectivity index (χ0) is 15.5. The molecule has 0 atom stereocenters. The first-order chi connectivity index (χ1) is 10.6. The summed E-state index contributed by atoms with van der Waals surface area (Å²) in [5, 5.41) is 2.83. The van der Waals surface area contributed by atoms with Crippen molar-refractivity contribution in [2.24, 2.45) is 0 Å². The van der Waals surface area contributed by atoms with Gasteiger partial charge in [-0.15, -0.1) is 0 Å². The number of H-pyrrole nitrogens is 1. The standard InChI is InChI=1S/C15H20N6O/c1-11-12(19-15(22)14-16-5-6-17-14)3-4-13(18-11)21-9-7-20(2)8-10-21/h3-6H,7-10H2,1-2H3,(H,16,17)(H,19,22). The number of piperazine rings is 1. The van der Waals surface area contributed by atoms with Crippen molar-refractivity contribution < 1.29 is 4.79 Å². The molecule has 0 saturated carbocycles. The molecule has 0 bridgehead atoms. The van der Waals surface area contributed by atoms with E-state index in [1.54, 1.807) is 12.4 Å². The second kappa shape index (κ2) is 6.15. The number of likely N-dealkylation sites (N-methyl/N-ethyl adjacent to an activating group) is 1. The summed E-state index contributed by atoms with van der Waals surface area (Å²) in [6, 6.07) is 3.85. The highest BCUT2D eigenvalue weighted by molar-refractivity contribution is 6.01. The molecular weight excluding hydrogens is 280 g/mol. The molecule has 1 fully saturated rings. The SMILES string of the molecule is Cc1nc(N2CCN(C)CC2)ccc1NC(=O)c1ncc[nH]1. The Hall–Kier alpha value is -2.41. The largest absolute Gasteiger partial charge is 0.354 e. The lowest BCUT2D eigenvalue weighted by molar-refractivity contribution is 0.101. The molecule has 7 heteroatoms. The second-order valence-electron chi connectivity index (χ2n) is 5.48. The minimum atomic E-state index is -0.262. The van der Waals surface area contributed by atoms with E-state index >= 15 is 0 Å². The smallest absolute Gasteiger partial charge is 0.291 e. The fourth-order valence-corrected chi connectivity index (χ4v) is 2.46. The van der Waals surface area contributed by atoms with Crippen LogP contribution in [0.25, 0.3) is 0 Å². The van der Waals surface area contributed by atoms with E-state index < -0.39 is 0 Å². The Balaban J connectivity index is 1.71. The van der Waals surface area contributed by atoms with Crippen LogP contribution in [-0.2, 0) is 0 Å². The number of hydrogen-bond donors (Lipinski definition) is 2. The third-order valence-electron chi connectivity index (χ3n) is 3.86. The van der Waals surface area contributed by atoms with Crippen molar-refractivity contribution in [3.8, 4) is 0 Å². The molecule has 0 aliphatic carbocycles. The Morgan fingerprint density at radius 2 is 2.05 bits per heavy atom. The Labute approximate surface area is 129 Å². The van der Waals surface area contributed by atoms with Gasteiger partial charge in [0.2, 0.25) is 0 Å². The van der Waals surface area contributed by atoms with Gasteiger partial charge in [0.05, 0.1) is 11.4 Å². The van der Waals surface area contributed by atoms with Crippen LogP contribution in [0.2, 0.25) is 0 Å². The van der Waals surface area contributed by atoms with Gasteiger partial charge in [-0.1, -0.05) is 0 Å². The molecule has 0 unspecified atom stereocenters. The highest BCUT2D eigenvalue weighted by atomic mass is 16.2. The quantitative estimate of drug-likeness (QED) is 0.888. The molecule has 116 valence electrons. The van der Waals surface area contributed by atoms with Crippen LogP contribution < -0.4 is 10.2 Å². The number of carbonyl (C=O) groups is 1. The topological polar surface area (TPSA) is 77.2 Å². The highest BCUT2D eigenvalue weighted by Crippen LogP contribution is 2.20. The average molecular weight is 300 g/mol. The van der Waals surface area contributed by atoms with Gasteiger partial charge in [0.1, 0.15) is 5.82 Å². The number of pyridine rings is 1. The third kappa shape index (κ3) is 3.09. The third-order valence-corrected chi connectivity index (χ3v) is 3.86. The summed E-state index contributed by atoms with van der Waals surface area (Å²) in [4.78, 5) is 27.9. The first kappa shape index (κ1) is 14.5. The second-order valence-corrected chi connectivity index (χ2v) is 5.48. The molecule has 3 rings (SSSR count). The van der Waals surface area contributed by atoms with Gasteiger partial charge in [-0.25, -0.2) is 9.97 Å². The van der Waals surface area contributed by atoms with Gasteiger partial charge in [0.25, 0.3) is 5.91 Å². The van der Waals surface area contributed by atoms with E-state index in [1.165, 1.54) is 0 Å². The molecule has 0 spiro atoms. The minimum absolute atomic E-state index is 0.262. The molecule has 1 amide bonds. The number of aromatic amines is 1. The van der Waals surface area contributed by atoms with E-state index in [0.29, 0.717) is 11.5 Å². The number of imidazole rings is 1. The van der Waals surface area contributed by atoms with Crippen LogP contribution in [0.4, 0.5) is 11.5 Å². The van der Waals surface area contributed by atoms with Crippen LogP contribution in [-0.4, -0.2) is 59.0 Å². The number of nitrogens with zero attached hydrogens (tertiary/aromatic N) is 4. The zero-order valence-corrected chi connectivity index (χ0v) is 12.8. The van der Waals surface area contributed by atoms with Gasteiger partial charge in [0, 0.05) is 38.6 Å². The summed E-state index contributed by atoms with van der Waals surface area (Å²) < 4.78 is 0. The van der Waals surface area contributed by atoms with E-state index in [2.05, 4.69) is 37.1 Å². The molecule has 3 heterocycles. The van der Waals surface area contributed by atoms with E-state index in [0.717, 1.165) is 37.7 Å². The summed E-state index contributed by atoms with van der Waals surface area (Å²) in [6.07, 6.45) is 3.17. The Morgan fingerprint density at radius 3 is 2.68 bits per heavy atom. The number of aryl methyl sites for hydroxylation is 1. The maximum atomic E-state index is 12.0. The predicted octanol–water partition coefficient (Wildman–Crippen LogP) is 1.12. The van der Waals surface area contributed by atoms with E-state index in [4.69, 9.17) is 0 Å². The lowest BCUT2D eigenvalue weighted by Crippen LogP contribution is -2.44. The molecule has 22 heavy (non-hydrogen) atoms. The number of rotatable bonds is 3. The Morgan fingerprint density at radius 1 is 1.27 bits per heavy atom. The van der Waals surface area contributed by atoms with Crippen LogP contribution in [0.15, 0.2) is 24.5 Å². The fourth-order valence-electron chi connectivity index (χ4n) is 2.46. The number of carbonyl (C=O) groups excluding carboxylic acids is 1. The first-order valence-electron chi connectivity index (χ1n) is 7.35. The monoisotopic (exact) mass is 300 g/mol. The molecule has 1 aliphatic heterocycles. The van der Waals surface area contributed by atoms with Gasteiger partial charge in [0.15, 0.2) is 5.82 Å².